The van der Waals surface area contributed by atoms with E-state index in [1.165, 1.54) is 120 Å². The Morgan fingerprint density at radius 3 is 0.867 bits per heavy atom. The van der Waals surface area contributed by atoms with Crippen LogP contribution in [0, 0.1) is 0 Å². The molecule has 0 radical (unpaired) electrons. The molecule has 12 rings (SSSR count). The molecule has 0 aliphatic heterocycles. The van der Waals surface area contributed by atoms with E-state index in [-0.39, 0.29) is 0 Å². The van der Waals surface area contributed by atoms with Crippen LogP contribution in [0.5, 0.6) is 0 Å². The van der Waals surface area contributed by atoms with Gasteiger partial charge in [0.2, 0.25) is 0 Å². The predicted molar refractivity (Wildman–Crippen MR) is 259 cm³/mol. The third-order valence-corrected chi connectivity index (χ3v) is 12.6. The van der Waals surface area contributed by atoms with Crippen LogP contribution in [-0.4, -0.2) is 0 Å². The summed E-state index contributed by atoms with van der Waals surface area (Å²) in [5, 5.41) is 15.2. The van der Waals surface area contributed by atoms with Gasteiger partial charge in [0.25, 0.3) is 0 Å². The molecule has 0 heterocycles. The number of rotatable bonds is 5. The summed E-state index contributed by atoms with van der Waals surface area (Å²) >= 11 is 0. The van der Waals surface area contributed by atoms with Crippen molar-refractivity contribution in [1.29, 1.82) is 0 Å². The van der Waals surface area contributed by atoms with Gasteiger partial charge in [0.15, 0.2) is 0 Å². The first-order valence-electron chi connectivity index (χ1n) is 20.8. The van der Waals surface area contributed by atoms with Gasteiger partial charge in [0.1, 0.15) is 0 Å². The van der Waals surface area contributed by atoms with Crippen molar-refractivity contribution in [3.63, 3.8) is 0 Å². The fourth-order valence-corrected chi connectivity index (χ4v) is 9.70. The Hall–Kier alpha value is -7.80. The monoisotopic (exact) mass is 758 g/mol. The largest absolute Gasteiger partial charge is 0.0616 e. The Bertz CT molecular complexity index is 3410. The quantitative estimate of drug-likeness (QED) is 0.153. The van der Waals surface area contributed by atoms with Crippen molar-refractivity contribution in [2.24, 2.45) is 0 Å². The van der Waals surface area contributed by atoms with E-state index >= 15 is 0 Å². The molecule has 0 nitrogen and oxygen atoms in total. The van der Waals surface area contributed by atoms with Gasteiger partial charge in [-0.2, -0.15) is 0 Å². The molecular weight excluding hydrogens is 721 g/mol. The average molecular weight is 759 g/mol. The van der Waals surface area contributed by atoms with Crippen molar-refractivity contribution in [3.8, 4) is 55.6 Å². The highest BCUT2D eigenvalue weighted by Crippen LogP contribution is 2.41. The molecular formula is C60H38. The number of benzene rings is 12. The summed E-state index contributed by atoms with van der Waals surface area (Å²) in [7, 11) is 0. The predicted octanol–water partition coefficient (Wildman–Crippen LogP) is 16.9. The SMILES string of the molecule is c1ccc(-c2cccc3ccccc23)c(-c2ccc3c(ccc4cc(-c5ccc6c(ccc7cc(-c8ccccc8-c8cccc9ccccc89)ccc76)c5)ccc43)c2)c1. The van der Waals surface area contributed by atoms with Gasteiger partial charge in [-0.25, -0.2) is 0 Å². The number of hydrogen-bond donors (Lipinski definition) is 0. The van der Waals surface area contributed by atoms with Crippen LogP contribution < -0.4 is 0 Å². The molecule has 0 fully saturated rings. The molecule has 12 aromatic rings. The minimum absolute atomic E-state index is 1.23. The first kappa shape index (κ1) is 34.3. The van der Waals surface area contributed by atoms with Gasteiger partial charge in [-0.05, 0) is 145 Å². The van der Waals surface area contributed by atoms with E-state index in [4.69, 9.17) is 0 Å². The van der Waals surface area contributed by atoms with Crippen LogP contribution in [0.15, 0.2) is 231 Å². The van der Waals surface area contributed by atoms with Crippen LogP contribution in [0.1, 0.15) is 0 Å². The number of hydrogen-bond acceptors (Lipinski definition) is 0. The van der Waals surface area contributed by atoms with Gasteiger partial charge in [-0.1, -0.05) is 206 Å². The normalized spacial score (nSPS) is 11.7. The summed E-state index contributed by atoms with van der Waals surface area (Å²) in [6.07, 6.45) is 0. The average Bonchev–Trinajstić information content (AvgIpc) is 3.32. The molecule has 278 valence electrons. The highest BCUT2D eigenvalue weighted by atomic mass is 14.2. The summed E-state index contributed by atoms with van der Waals surface area (Å²) in [5.41, 5.74) is 12.4. The number of fused-ring (bicyclic) bond motifs is 8. The standard InChI is InChI=1S/C60H38/c1-3-15-49-39(11-1)13-9-21-59(49)57-19-7-5-17-51(57)47-29-33-55-45(37-47)25-23-43-35-41(27-31-53(43)55)42-28-32-54-44(36-42)24-26-46-38-48(30-34-56(46)54)52-18-6-8-20-58(52)60-22-10-14-40-12-2-4-16-50(40)60/h1-38H. The molecule has 12 aromatic carbocycles. The maximum Gasteiger partial charge on any atom is -0.00992 e. The van der Waals surface area contributed by atoms with E-state index in [9.17, 15) is 0 Å². The van der Waals surface area contributed by atoms with E-state index in [1.807, 2.05) is 0 Å². The molecule has 0 saturated heterocycles. The first-order chi connectivity index (χ1) is 29.7. The second kappa shape index (κ2) is 13.9. The van der Waals surface area contributed by atoms with E-state index in [0.29, 0.717) is 0 Å². The third kappa shape index (κ3) is 5.69. The lowest BCUT2D eigenvalue weighted by atomic mass is 9.89. The molecule has 0 bridgehead atoms. The smallest absolute Gasteiger partial charge is 0.00992 e. The van der Waals surface area contributed by atoms with E-state index in [2.05, 4.69) is 231 Å². The van der Waals surface area contributed by atoms with E-state index in [0.717, 1.165) is 0 Å². The molecule has 0 saturated carbocycles. The topological polar surface area (TPSA) is 0 Å². The van der Waals surface area contributed by atoms with Crippen LogP contribution in [0.3, 0.4) is 0 Å². The minimum Gasteiger partial charge on any atom is -0.0616 e. The molecule has 0 aliphatic carbocycles. The molecule has 0 amide bonds. The van der Waals surface area contributed by atoms with Crippen molar-refractivity contribution in [2.45, 2.75) is 0 Å². The Morgan fingerprint density at radius 2 is 0.450 bits per heavy atom. The zero-order valence-electron chi connectivity index (χ0n) is 32.9. The fraction of sp³-hybridized carbons (Fsp3) is 0. The Labute approximate surface area is 349 Å². The van der Waals surface area contributed by atoms with Crippen LogP contribution in [0.4, 0.5) is 0 Å². The van der Waals surface area contributed by atoms with Gasteiger partial charge in [0, 0.05) is 0 Å². The summed E-state index contributed by atoms with van der Waals surface area (Å²) in [5.74, 6) is 0. The lowest BCUT2D eigenvalue weighted by Gasteiger charge is -2.14. The molecule has 0 aliphatic rings. The van der Waals surface area contributed by atoms with E-state index in [1.54, 1.807) is 0 Å². The highest BCUT2D eigenvalue weighted by Gasteiger charge is 2.14. The van der Waals surface area contributed by atoms with Crippen LogP contribution in [0.2, 0.25) is 0 Å². The lowest BCUT2D eigenvalue weighted by Crippen LogP contribution is -1.88. The molecule has 0 unspecified atom stereocenters. The first-order valence-corrected chi connectivity index (χ1v) is 20.8. The van der Waals surface area contributed by atoms with Crippen LogP contribution in [-0.2, 0) is 0 Å². The summed E-state index contributed by atoms with van der Waals surface area (Å²) in [6.45, 7) is 0. The Kier molecular flexibility index (Phi) is 7.96. The second-order valence-corrected chi connectivity index (χ2v) is 16.0. The maximum atomic E-state index is 2.35. The summed E-state index contributed by atoms with van der Waals surface area (Å²) in [6, 6.07) is 85.1. The Morgan fingerprint density at radius 1 is 0.150 bits per heavy atom. The van der Waals surface area contributed by atoms with Crippen molar-refractivity contribution in [2.75, 3.05) is 0 Å². The van der Waals surface area contributed by atoms with Crippen LogP contribution in [0.25, 0.3) is 120 Å². The van der Waals surface area contributed by atoms with Crippen LogP contribution >= 0.6 is 0 Å². The summed E-state index contributed by atoms with van der Waals surface area (Å²) in [4.78, 5) is 0. The highest BCUT2D eigenvalue weighted by molar-refractivity contribution is 6.12. The summed E-state index contributed by atoms with van der Waals surface area (Å²) < 4.78 is 0. The van der Waals surface area contributed by atoms with Crippen molar-refractivity contribution in [1.82, 2.24) is 0 Å². The van der Waals surface area contributed by atoms with Gasteiger partial charge in [-0.15, -0.1) is 0 Å². The van der Waals surface area contributed by atoms with Gasteiger partial charge < -0.3 is 0 Å². The maximum absolute atomic E-state index is 2.35. The molecule has 0 N–H and O–H groups in total. The van der Waals surface area contributed by atoms with E-state index < -0.39 is 0 Å². The molecule has 0 aromatic heterocycles. The molecule has 60 heavy (non-hydrogen) atoms. The van der Waals surface area contributed by atoms with Crippen molar-refractivity contribution >= 4 is 64.6 Å². The van der Waals surface area contributed by atoms with Gasteiger partial charge in [0.05, 0.1) is 0 Å². The minimum atomic E-state index is 1.23. The third-order valence-electron chi connectivity index (χ3n) is 12.6. The Balaban J connectivity index is 0.875. The lowest BCUT2D eigenvalue weighted by molar-refractivity contribution is 1.61. The molecule has 0 atom stereocenters. The second-order valence-electron chi connectivity index (χ2n) is 16.0. The van der Waals surface area contributed by atoms with Crippen molar-refractivity contribution < 1.29 is 0 Å². The molecule has 0 heteroatoms. The zero-order valence-corrected chi connectivity index (χ0v) is 32.9. The molecule has 0 spiro atoms. The zero-order chi connectivity index (χ0) is 39.6. The van der Waals surface area contributed by atoms with Gasteiger partial charge >= 0.3 is 0 Å². The fourth-order valence-electron chi connectivity index (χ4n) is 9.70. The van der Waals surface area contributed by atoms with Gasteiger partial charge in [-0.3, -0.25) is 0 Å². The van der Waals surface area contributed by atoms with Crippen molar-refractivity contribution in [3.05, 3.63) is 231 Å².